The minimum atomic E-state index is -4.27. The number of halogens is 4. The first-order valence-corrected chi connectivity index (χ1v) is 6.59. The van der Waals surface area contributed by atoms with Crippen LogP contribution in [0, 0.1) is 0 Å². The average Bonchev–Trinajstić information content (AvgIpc) is 2.39. The summed E-state index contributed by atoms with van der Waals surface area (Å²) in [4.78, 5) is 2.29. The molecule has 0 atom stereocenters. The second kappa shape index (κ2) is 7.14. The summed E-state index contributed by atoms with van der Waals surface area (Å²) in [6.07, 6.45) is -0.239. The molecule has 1 aromatic rings. The van der Waals surface area contributed by atoms with Crippen LogP contribution in [0.3, 0.4) is 0 Å². The second-order valence-corrected chi connectivity index (χ2v) is 4.87. The maximum Gasteiger partial charge on any atom is 0.416 e. The number of benzene rings is 1. The number of hydrogen-bond donors (Lipinski definition) is 0. The normalized spacial score (nSPS) is 16.5. The van der Waals surface area contributed by atoms with Crippen LogP contribution < -0.4 is 0 Å². The lowest BCUT2D eigenvalue weighted by Crippen LogP contribution is -2.30. The third kappa shape index (κ3) is 4.25. The maximum absolute atomic E-state index is 12.7. The Morgan fingerprint density at radius 3 is 2.65 bits per heavy atom. The van der Waals surface area contributed by atoms with Crippen molar-refractivity contribution in [2.45, 2.75) is 25.9 Å². The molecule has 2 rings (SSSR count). The Kier molecular flexibility index (Phi) is 6.08. The molecule has 0 N–H and O–H groups in total. The highest BCUT2D eigenvalue weighted by Crippen LogP contribution is 2.31. The van der Waals surface area contributed by atoms with Gasteiger partial charge in [-0.25, -0.2) is 0 Å². The van der Waals surface area contributed by atoms with Gasteiger partial charge in [0.2, 0.25) is 0 Å². The van der Waals surface area contributed by atoms with Crippen molar-refractivity contribution in [3.05, 3.63) is 41.5 Å². The van der Waals surface area contributed by atoms with Crippen molar-refractivity contribution in [1.29, 1.82) is 0 Å². The monoisotopic (exact) mass is 305 g/mol. The van der Waals surface area contributed by atoms with E-state index in [1.165, 1.54) is 12.1 Å². The zero-order valence-corrected chi connectivity index (χ0v) is 12.2. The predicted octanol–water partition coefficient (Wildman–Crippen LogP) is 4.63. The first kappa shape index (κ1) is 17.1. The summed E-state index contributed by atoms with van der Waals surface area (Å²) in [5.74, 6) is 0. The molecule has 0 saturated carbocycles. The molecule has 0 aliphatic carbocycles. The Bertz CT molecular complexity index is 468. The van der Waals surface area contributed by atoms with Gasteiger partial charge in [-0.2, -0.15) is 13.2 Å². The van der Waals surface area contributed by atoms with Gasteiger partial charge >= 0.3 is 6.18 Å². The van der Waals surface area contributed by atoms with Crippen molar-refractivity contribution >= 4 is 18.0 Å². The zero-order chi connectivity index (χ0) is 13.9. The molecule has 1 heterocycles. The van der Waals surface area contributed by atoms with E-state index >= 15 is 0 Å². The number of alkyl halides is 3. The minimum Gasteiger partial charge on any atom is -0.299 e. The van der Waals surface area contributed by atoms with Gasteiger partial charge in [-0.15, -0.1) is 12.4 Å². The SMILES string of the molecule is CCCN1CCC=C(c2cccc(C(F)(F)F)c2)C1.Cl. The average molecular weight is 306 g/mol. The Labute approximate surface area is 123 Å². The highest BCUT2D eigenvalue weighted by Gasteiger charge is 2.30. The van der Waals surface area contributed by atoms with Crippen LogP contribution in [0.1, 0.15) is 30.9 Å². The molecule has 0 fully saturated rings. The molecule has 0 aromatic heterocycles. The van der Waals surface area contributed by atoms with Gasteiger partial charge in [0.25, 0.3) is 0 Å². The van der Waals surface area contributed by atoms with Gasteiger partial charge in [0.15, 0.2) is 0 Å². The number of nitrogens with zero attached hydrogens (tertiary/aromatic N) is 1. The Balaban J connectivity index is 0.00000200. The quantitative estimate of drug-likeness (QED) is 0.787. The van der Waals surface area contributed by atoms with Crippen LogP contribution in [0.5, 0.6) is 0 Å². The molecule has 1 nitrogen and oxygen atoms in total. The van der Waals surface area contributed by atoms with Gasteiger partial charge in [-0.1, -0.05) is 25.1 Å². The smallest absolute Gasteiger partial charge is 0.299 e. The minimum absolute atomic E-state index is 0. The van der Waals surface area contributed by atoms with Gasteiger partial charge in [-0.05, 0) is 42.7 Å². The van der Waals surface area contributed by atoms with Crippen molar-refractivity contribution < 1.29 is 13.2 Å². The second-order valence-electron chi connectivity index (χ2n) is 4.87. The molecule has 0 bridgehead atoms. The molecule has 0 unspecified atom stereocenters. The third-order valence-electron chi connectivity index (χ3n) is 3.33. The van der Waals surface area contributed by atoms with E-state index in [4.69, 9.17) is 0 Å². The lowest BCUT2D eigenvalue weighted by molar-refractivity contribution is -0.137. The van der Waals surface area contributed by atoms with Crippen LogP contribution in [0.25, 0.3) is 5.57 Å². The third-order valence-corrected chi connectivity index (χ3v) is 3.33. The summed E-state index contributed by atoms with van der Waals surface area (Å²) >= 11 is 0. The summed E-state index contributed by atoms with van der Waals surface area (Å²) in [6, 6.07) is 5.62. The summed E-state index contributed by atoms with van der Waals surface area (Å²) in [5, 5.41) is 0. The lowest BCUT2D eigenvalue weighted by atomic mass is 9.99. The summed E-state index contributed by atoms with van der Waals surface area (Å²) < 4.78 is 38.1. The van der Waals surface area contributed by atoms with E-state index in [2.05, 4.69) is 17.9 Å². The molecule has 1 aliphatic heterocycles. The fourth-order valence-electron chi connectivity index (χ4n) is 2.42. The lowest BCUT2D eigenvalue weighted by Gasteiger charge is -2.27. The maximum atomic E-state index is 12.7. The molecule has 1 aliphatic rings. The summed E-state index contributed by atoms with van der Waals surface area (Å²) in [6.45, 7) is 4.85. The largest absolute Gasteiger partial charge is 0.416 e. The highest BCUT2D eigenvalue weighted by molar-refractivity contribution is 5.85. The van der Waals surface area contributed by atoms with Crippen molar-refractivity contribution in [3.63, 3.8) is 0 Å². The van der Waals surface area contributed by atoms with Gasteiger partial charge < -0.3 is 0 Å². The van der Waals surface area contributed by atoms with E-state index in [1.54, 1.807) is 6.07 Å². The predicted molar refractivity (Wildman–Crippen MR) is 78.0 cm³/mol. The molecule has 1 aromatic carbocycles. The van der Waals surface area contributed by atoms with Crippen LogP contribution in [0.2, 0.25) is 0 Å². The Morgan fingerprint density at radius 2 is 2.00 bits per heavy atom. The van der Waals surface area contributed by atoms with Gasteiger partial charge in [0.1, 0.15) is 0 Å². The van der Waals surface area contributed by atoms with E-state index in [-0.39, 0.29) is 12.4 Å². The first-order chi connectivity index (χ1) is 9.00. The summed E-state index contributed by atoms with van der Waals surface area (Å²) in [5.41, 5.74) is 1.12. The van der Waals surface area contributed by atoms with Gasteiger partial charge in [0, 0.05) is 13.1 Å². The van der Waals surface area contributed by atoms with Crippen LogP contribution in [0.4, 0.5) is 13.2 Å². The van der Waals surface area contributed by atoms with E-state index in [9.17, 15) is 13.2 Å². The zero-order valence-electron chi connectivity index (χ0n) is 11.4. The number of hydrogen-bond acceptors (Lipinski definition) is 1. The Hall–Kier alpha value is -1.00. The molecule has 0 spiro atoms. The van der Waals surface area contributed by atoms with E-state index < -0.39 is 11.7 Å². The summed E-state index contributed by atoms with van der Waals surface area (Å²) in [7, 11) is 0. The van der Waals surface area contributed by atoms with E-state index in [0.717, 1.165) is 44.1 Å². The number of rotatable bonds is 3. The van der Waals surface area contributed by atoms with E-state index in [1.807, 2.05) is 0 Å². The molecule has 0 radical (unpaired) electrons. The van der Waals surface area contributed by atoms with Crippen LogP contribution >= 0.6 is 12.4 Å². The van der Waals surface area contributed by atoms with E-state index in [0.29, 0.717) is 5.56 Å². The molecule has 0 saturated heterocycles. The van der Waals surface area contributed by atoms with Crippen molar-refractivity contribution in [3.8, 4) is 0 Å². The molecular formula is C15H19ClF3N. The molecule has 5 heteroatoms. The topological polar surface area (TPSA) is 3.24 Å². The standard InChI is InChI=1S/C15H18F3N.ClH/c1-2-8-19-9-4-6-13(11-19)12-5-3-7-14(10-12)15(16,17)18;/h3,5-7,10H,2,4,8-9,11H2,1H3;1H. The van der Waals surface area contributed by atoms with Crippen LogP contribution in [-0.2, 0) is 6.18 Å². The van der Waals surface area contributed by atoms with Gasteiger partial charge in [0.05, 0.1) is 5.56 Å². The molecular weight excluding hydrogens is 287 g/mol. The molecule has 0 amide bonds. The fraction of sp³-hybridized carbons (Fsp3) is 0.467. The van der Waals surface area contributed by atoms with Crippen molar-refractivity contribution in [2.24, 2.45) is 0 Å². The van der Waals surface area contributed by atoms with Crippen molar-refractivity contribution in [1.82, 2.24) is 4.90 Å². The van der Waals surface area contributed by atoms with Gasteiger partial charge in [-0.3, -0.25) is 4.90 Å². The first-order valence-electron chi connectivity index (χ1n) is 6.59. The fourth-order valence-corrected chi connectivity index (χ4v) is 2.42. The van der Waals surface area contributed by atoms with Crippen molar-refractivity contribution in [2.75, 3.05) is 19.6 Å². The Morgan fingerprint density at radius 1 is 1.25 bits per heavy atom. The highest BCUT2D eigenvalue weighted by atomic mass is 35.5. The van der Waals surface area contributed by atoms with Crippen LogP contribution in [0.15, 0.2) is 30.3 Å². The van der Waals surface area contributed by atoms with Crippen LogP contribution in [-0.4, -0.2) is 24.5 Å². The molecule has 20 heavy (non-hydrogen) atoms. The molecule has 112 valence electrons.